The lowest BCUT2D eigenvalue weighted by molar-refractivity contribution is -0.129. The van der Waals surface area contributed by atoms with E-state index >= 15 is 0 Å². The van der Waals surface area contributed by atoms with E-state index in [1.165, 1.54) is 6.33 Å². The van der Waals surface area contributed by atoms with Crippen molar-refractivity contribution in [3.05, 3.63) is 11.9 Å². The Morgan fingerprint density at radius 2 is 2.25 bits per heavy atom. The van der Waals surface area contributed by atoms with Crippen LogP contribution in [0.4, 0.5) is 11.6 Å². The van der Waals surface area contributed by atoms with Crippen molar-refractivity contribution in [2.75, 3.05) is 30.3 Å². The predicted octanol–water partition coefficient (Wildman–Crippen LogP) is 0.822. The van der Waals surface area contributed by atoms with E-state index < -0.39 is 0 Å². The molecule has 3 heterocycles. The molecule has 0 bridgehead atoms. The third-order valence-corrected chi connectivity index (χ3v) is 4.25. The summed E-state index contributed by atoms with van der Waals surface area (Å²) in [5.74, 6) is 1.84. The summed E-state index contributed by atoms with van der Waals surface area (Å²) in [6, 6.07) is 0.335. The largest absolute Gasteiger partial charge is 0.383 e. The van der Waals surface area contributed by atoms with E-state index in [2.05, 4.69) is 21.8 Å². The number of carbonyl (C=O) groups excluding carboxylic acids is 1. The zero-order chi connectivity index (χ0) is 14.1. The molecule has 6 heteroatoms. The minimum Gasteiger partial charge on any atom is -0.383 e. The summed E-state index contributed by atoms with van der Waals surface area (Å²) in [5, 5.41) is 0. The number of rotatable bonds is 3. The Balaban J connectivity index is 1.83. The van der Waals surface area contributed by atoms with Crippen LogP contribution in [0, 0.1) is 0 Å². The van der Waals surface area contributed by atoms with Gasteiger partial charge >= 0.3 is 0 Å². The summed E-state index contributed by atoms with van der Waals surface area (Å²) in [5.41, 5.74) is 7.05. The summed E-state index contributed by atoms with van der Waals surface area (Å²) in [6.07, 6.45) is 5.10. The second kappa shape index (κ2) is 5.26. The van der Waals surface area contributed by atoms with Crippen LogP contribution in [0.1, 0.15) is 31.7 Å². The van der Waals surface area contributed by atoms with Gasteiger partial charge in [-0.25, -0.2) is 9.97 Å². The van der Waals surface area contributed by atoms with Gasteiger partial charge in [0.05, 0.1) is 0 Å². The molecule has 3 rings (SSSR count). The lowest BCUT2D eigenvalue weighted by Gasteiger charge is -2.38. The van der Waals surface area contributed by atoms with Crippen LogP contribution in [-0.4, -0.2) is 46.5 Å². The van der Waals surface area contributed by atoms with Crippen LogP contribution in [0.5, 0.6) is 0 Å². The average molecular weight is 275 g/mol. The molecule has 2 aliphatic heterocycles. The van der Waals surface area contributed by atoms with E-state index in [0.29, 0.717) is 24.2 Å². The maximum Gasteiger partial charge on any atom is 0.223 e. The SMILES string of the molecule is CCCc1c(N)ncnc1N1CCN2C(=O)CCC2C1. The number of fused-ring (bicyclic) bond motifs is 1. The van der Waals surface area contributed by atoms with Crippen LogP contribution in [0.25, 0.3) is 0 Å². The standard InChI is InChI=1S/C14H21N5O/c1-2-3-11-13(15)16-9-17-14(11)18-6-7-19-10(8-18)4-5-12(19)20/h9-10H,2-8H2,1H3,(H2,15,16,17). The topological polar surface area (TPSA) is 75.3 Å². The molecule has 0 aliphatic carbocycles. The normalized spacial score (nSPS) is 22.2. The molecular formula is C14H21N5O. The molecule has 0 saturated carbocycles. The number of carbonyl (C=O) groups is 1. The molecule has 0 spiro atoms. The average Bonchev–Trinajstić information content (AvgIpc) is 2.82. The molecule has 0 aromatic carbocycles. The van der Waals surface area contributed by atoms with Gasteiger partial charge in [0.25, 0.3) is 0 Å². The number of aromatic nitrogens is 2. The van der Waals surface area contributed by atoms with Crippen molar-refractivity contribution in [1.29, 1.82) is 0 Å². The molecule has 1 aromatic heterocycles. The van der Waals surface area contributed by atoms with Crippen LogP contribution >= 0.6 is 0 Å². The fourth-order valence-electron chi connectivity index (χ4n) is 3.24. The molecule has 2 fully saturated rings. The van der Waals surface area contributed by atoms with Crippen LogP contribution in [-0.2, 0) is 11.2 Å². The fourth-order valence-corrected chi connectivity index (χ4v) is 3.24. The first-order chi connectivity index (χ1) is 9.70. The van der Waals surface area contributed by atoms with E-state index in [1.54, 1.807) is 0 Å². The van der Waals surface area contributed by atoms with Crippen molar-refractivity contribution in [2.24, 2.45) is 0 Å². The quantitative estimate of drug-likeness (QED) is 0.884. The Morgan fingerprint density at radius 3 is 3.05 bits per heavy atom. The monoisotopic (exact) mass is 275 g/mol. The van der Waals surface area contributed by atoms with Gasteiger partial charge in [-0.05, 0) is 12.8 Å². The number of hydrogen-bond donors (Lipinski definition) is 1. The Labute approximate surface area is 119 Å². The third kappa shape index (κ3) is 2.19. The van der Waals surface area contributed by atoms with Gasteiger partial charge in [-0.3, -0.25) is 4.79 Å². The van der Waals surface area contributed by atoms with Crippen molar-refractivity contribution < 1.29 is 4.79 Å². The van der Waals surface area contributed by atoms with Crippen LogP contribution in [0.2, 0.25) is 0 Å². The number of nitrogens with two attached hydrogens (primary N) is 1. The number of anilines is 2. The maximum atomic E-state index is 11.7. The molecular weight excluding hydrogens is 254 g/mol. The molecule has 108 valence electrons. The van der Waals surface area contributed by atoms with Gasteiger partial charge in [0.1, 0.15) is 18.0 Å². The Kier molecular flexibility index (Phi) is 3.46. The Bertz CT molecular complexity index is 518. The molecule has 1 unspecified atom stereocenters. The number of piperazine rings is 1. The highest BCUT2D eigenvalue weighted by Gasteiger charge is 2.36. The van der Waals surface area contributed by atoms with Crippen LogP contribution in [0.15, 0.2) is 6.33 Å². The zero-order valence-electron chi connectivity index (χ0n) is 11.9. The van der Waals surface area contributed by atoms with E-state index in [4.69, 9.17) is 5.73 Å². The second-order valence-corrected chi connectivity index (χ2v) is 5.54. The molecule has 1 atom stereocenters. The smallest absolute Gasteiger partial charge is 0.223 e. The number of hydrogen-bond acceptors (Lipinski definition) is 5. The van der Waals surface area contributed by atoms with Crippen molar-refractivity contribution >= 4 is 17.5 Å². The molecule has 1 aromatic rings. The van der Waals surface area contributed by atoms with E-state index in [9.17, 15) is 4.79 Å². The maximum absolute atomic E-state index is 11.7. The zero-order valence-corrected chi connectivity index (χ0v) is 11.9. The summed E-state index contributed by atoms with van der Waals surface area (Å²) in [7, 11) is 0. The first kappa shape index (κ1) is 13.1. The second-order valence-electron chi connectivity index (χ2n) is 5.54. The number of amides is 1. The highest BCUT2D eigenvalue weighted by atomic mass is 16.2. The van der Waals surface area contributed by atoms with Crippen LogP contribution < -0.4 is 10.6 Å². The van der Waals surface area contributed by atoms with Gasteiger partial charge in [-0.2, -0.15) is 0 Å². The van der Waals surface area contributed by atoms with Gasteiger partial charge in [0.15, 0.2) is 0 Å². The van der Waals surface area contributed by atoms with E-state index in [1.807, 2.05) is 4.90 Å². The van der Waals surface area contributed by atoms with Gasteiger partial charge in [0.2, 0.25) is 5.91 Å². The van der Waals surface area contributed by atoms with Crippen molar-refractivity contribution in [1.82, 2.24) is 14.9 Å². The highest BCUT2D eigenvalue weighted by Crippen LogP contribution is 2.29. The molecule has 1 amide bonds. The summed E-state index contributed by atoms with van der Waals surface area (Å²) < 4.78 is 0. The molecule has 2 aliphatic rings. The number of nitrogen functional groups attached to an aromatic ring is 1. The van der Waals surface area contributed by atoms with E-state index in [0.717, 1.165) is 50.3 Å². The number of nitrogens with zero attached hydrogens (tertiary/aromatic N) is 4. The highest BCUT2D eigenvalue weighted by molar-refractivity contribution is 5.79. The minimum absolute atomic E-state index is 0.297. The lowest BCUT2D eigenvalue weighted by Crippen LogP contribution is -2.52. The fraction of sp³-hybridized carbons (Fsp3) is 0.643. The van der Waals surface area contributed by atoms with Gasteiger partial charge in [0, 0.05) is 37.7 Å². The van der Waals surface area contributed by atoms with Gasteiger partial charge in [-0.15, -0.1) is 0 Å². The summed E-state index contributed by atoms with van der Waals surface area (Å²) in [4.78, 5) is 24.6. The van der Waals surface area contributed by atoms with E-state index in [-0.39, 0.29) is 0 Å². The Hall–Kier alpha value is -1.85. The first-order valence-electron chi connectivity index (χ1n) is 7.34. The predicted molar refractivity (Wildman–Crippen MR) is 77.4 cm³/mol. The Morgan fingerprint density at radius 1 is 1.40 bits per heavy atom. The first-order valence-corrected chi connectivity index (χ1v) is 7.34. The lowest BCUT2D eigenvalue weighted by atomic mass is 10.1. The van der Waals surface area contributed by atoms with Gasteiger partial charge in [-0.1, -0.05) is 13.3 Å². The molecule has 20 heavy (non-hydrogen) atoms. The van der Waals surface area contributed by atoms with Crippen LogP contribution in [0.3, 0.4) is 0 Å². The third-order valence-electron chi connectivity index (χ3n) is 4.25. The summed E-state index contributed by atoms with van der Waals surface area (Å²) in [6.45, 7) is 4.61. The molecule has 2 N–H and O–H groups in total. The van der Waals surface area contributed by atoms with Crippen molar-refractivity contribution in [3.63, 3.8) is 0 Å². The minimum atomic E-state index is 0.297. The van der Waals surface area contributed by atoms with Crippen molar-refractivity contribution in [3.8, 4) is 0 Å². The molecule has 0 radical (unpaired) electrons. The molecule has 2 saturated heterocycles. The molecule has 6 nitrogen and oxygen atoms in total. The summed E-state index contributed by atoms with van der Waals surface area (Å²) >= 11 is 0. The van der Waals surface area contributed by atoms with Gasteiger partial charge < -0.3 is 15.5 Å². The van der Waals surface area contributed by atoms with Crippen molar-refractivity contribution in [2.45, 2.75) is 38.6 Å².